The van der Waals surface area contributed by atoms with Crippen LogP contribution in [0.15, 0.2) is 36.5 Å². The molecule has 1 aromatic heterocycles. The van der Waals surface area contributed by atoms with Crippen LogP contribution in [-0.4, -0.2) is 21.9 Å². The fraction of sp³-hybridized carbons (Fsp3) is 0.421. The minimum absolute atomic E-state index is 0.142. The van der Waals surface area contributed by atoms with E-state index in [1.54, 1.807) is 6.20 Å². The fourth-order valence-electron chi connectivity index (χ4n) is 3.19. The van der Waals surface area contributed by atoms with Crippen LogP contribution in [0.4, 0.5) is 11.6 Å². The van der Waals surface area contributed by atoms with Crippen molar-refractivity contribution in [3.63, 3.8) is 0 Å². The predicted octanol–water partition coefficient (Wildman–Crippen LogP) is 3.85. The highest BCUT2D eigenvalue weighted by atomic mass is 16.1. The molecule has 2 saturated carbocycles. The molecule has 4 rings (SSSR count). The molecule has 2 aromatic rings. The Labute approximate surface area is 141 Å². The van der Waals surface area contributed by atoms with Crippen LogP contribution in [0.5, 0.6) is 0 Å². The van der Waals surface area contributed by atoms with Crippen molar-refractivity contribution >= 4 is 17.5 Å². The van der Waals surface area contributed by atoms with Crippen molar-refractivity contribution in [2.75, 3.05) is 10.6 Å². The third-order valence-electron chi connectivity index (χ3n) is 4.72. The summed E-state index contributed by atoms with van der Waals surface area (Å²) in [5.41, 5.74) is 2.69. The van der Waals surface area contributed by atoms with Crippen LogP contribution in [-0.2, 0) is 4.79 Å². The molecule has 24 heavy (non-hydrogen) atoms. The number of rotatable bonds is 5. The Kier molecular flexibility index (Phi) is 4.15. The molecule has 2 aliphatic carbocycles. The molecule has 1 heterocycles. The molecule has 2 fully saturated rings. The Hall–Kier alpha value is -2.43. The Balaban J connectivity index is 1.50. The molecule has 2 aliphatic rings. The summed E-state index contributed by atoms with van der Waals surface area (Å²) in [7, 11) is 0. The van der Waals surface area contributed by atoms with Gasteiger partial charge in [0.05, 0.1) is 5.69 Å². The lowest BCUT2D eigenvalue weighted by atomic mass is 10.1. The number of nitrogens with zero attached hydrogens (tertiary/aromatic N) is 2. The Morgan fingerprint density at radius 1 is 1.08 bits per heavy atom. The molecule has 5 heteroatoms. The first kappa shape index (κ1) is 15.1. The van der Waals surface area contributed by atoms with Crippen LogP contribution in [0.25, 0.3) is 11.3 Å². The molecular weight excluding hydrogens is 300 g/mol. The van der Waals surface area contributed by atoms with Crippen LogP contribution in [0.3, 0.4) is 0 Å². The van der Waals surface area contributed by atoms with Crippen LogP contribution in [0, 0.1) is 5.92 Å². The van der Waals surface area contributed by atoms with Crippen LogP contribution < -0.4 is 10.6 Å². The predicted molar refractivity (Wildman–Crippen MR) is 94.7 cm³/mol. The summed E-state index contributed by atoms with van der Waals surface area (Å²) in [5.74, 6) is 0.987. The van der Waals surface area contributed by atoms with Gasteiger partial charge in [-0.3, -0.25) is 4.79 Å². The van der Waals surface area contributed by atoms with Crippen LogP contribution in [0.2, 0.25) is 0 Å². The van der Waals surface area contributed by atoms with Crippen molar-refractivity contribution in [1.82, 2.24) is 9.97 Å². The van der Waals surface area contributed by atoms with Gasteiger partial charge < -0.3 is 10.6 Å². The number of nitrogens with one attached hydrogen (secondary N) is 2. The molecule has 0 atom stereocenters. The van der Waals surface area contributed by atoms with E-state index in [1.807, 2.05) is 30.3 Å². The van der Waals surface area contributed by atoms with Gasteiger partial charge in [-0.15, -0.1) is 0 Å². The van der Waals surface area contributed by atoms with Crippen molar-refractivity contribution in [2.45, 2.75) is 44.6 Å². The molecule has 0 unspecified atom stereocenters. The average molecular weight is 322 g/mol. The molecule has 2 N–H and O–H groups in total. The van der Waals surface area contributed by atoms with E-state index in [1.165, 1.54) is 12.8 Å². The van der Waals surface area contributed by atoms with Crippen LogP contribution >= 0.6 is 0 Å². The maximum atomic E-state index is 12.3. The first-order valence-corrected chi connectivity index (χ1v) is 8.79. The number of hydrogen-bond donors (Lipinski definition) is 2. The smallest absolute Gasteiger partial charge is 0.227 e. The van der Waals surface area contributed by atoms with Crippen molar-refractivity contribution in [3.8, 4) is 11.3 Å². The lowest BCUT2D eigenvalue weighted by molar-refractivity contribution is -0.119. The third-order valence-corrected chi connectivity index (χ3v) is 4.72. The number of anilines is 2. The van der Waals surface area contributed by atoms with Gasteiger partial charge in [-0.1, -0.05) is 25.0 Å². The van der Waals surface area contributed by atoms with Crippen molar-refractivity contribution in [1.29, 1.82) is 0 Å². The zero-order chi connectivity index (χ0) is 16.4. The first-order valence-electron chi connectivity index (χ1n) is 8.79. The third kappa shape index (κ3) is 3.55. The highest BCUT2D eigenvalue weighted by molar-refractivity contribution is 5.93. The van der Waals surface area contributed by atoms with E-state index in [4.69, 9.17) is 0 Å². The van der Waals surface area contributed by atoms with Crippen molar-refractivity contribution in [3.05, 3.63) is 36.5 Å². The van der Waals surface area contributed by atoms with E-state index in [-0.39, 0.29) is 11.8 Å². The van der Waals surface area contributed by atoms with Gasteiger partial charge in [-0.2, -0.15) is 0 Å². The lowest BCUT2D eigenvalue weighted by Gasteiger charge is -2.11. The van der Waals surface area contributed by atoms with Gasteiger partial charge in [0, 0.05) is 29.4 Å². The quantitative estimate of drug-likeness (QED) is 0.877. The second-order valence-electron chi connectivity index (χ2n) is 6.74. The number of carbonyl (C=O) groups is 1. The fourth-order valence-corrected chi connectivity index (χ4v) is 3.19. The molecule has 124 valence electrons. The number of carbonyl (C=O) groups excluding carboxylic acids is 1. The second kappa shape index (κ2) is 6.59. The highest BCUT2D eigenvalue weighted by Crippen LogP contribution is 2.28. The summed E-state index contributed by atoms with van der Waals surface area (Å²) in [6.07, 6.45) is 8.50. The molecule has 5 nitrogen and oxygen atoms in total. The zero-order valence-electron chi connectivity index (χ0n) is 13.7. The standard InChI is InChI=1S/C19H22N4O/c24-18(13-4-1-2-5-13)21-16-7-3-6-14(12-16)17-10-11-20-19(23-17)22-15-8-9-15/h3,6-7,10-13,15H,1-2,4-5,8-9H2,(H,21,24)(H,20,22,23). The second-order valence-corrected chi connectivity index (χ2v) is 6.74. The monoisotopic (exact) mass is 322 g/mol. The zero-order valence-corrected chi connectivity index (χ0v) is 13.7. The molecule has 1 aromatic carbocycles. The average Bonchev–Trinajstić information content (AvgIpc) is 3.24. The molecule has 0 aliphatic heterocycles. The summed E-state index contributed by atoms with van der Waals surface area (Å²) < 4.78 is 0. The van der Waals surface area contributed by atoms with Gasteiger partial charge in [0.15, 0.2) is 0 Å². The molecular formula is C19H22N4O. The van der Waals surface area contributed by atoms with E-state index < -0.39 is 0 Å². The maximum Gasteiger partial charge on any atom is 0.227 e. The first-order chi connectivity index (χ1) is 11.8. The summed E-state index contributed by atoms with van der Waals surface area (Å²) in [6, 6.07) is 10.3. The van der Waals surface area contributed by atoms with E-state index in [0.29, 0.717) is 12.0 Å². The topological polar surface area (TPSA) is 66.9 Å². The van der Waals surface area contributed by atoms with E-state index >= 15 is 0 Å². The lowest BCUT2D eigenvalue weighted by Crippen LogP contribution is -2.20. The van der Waals surface area contributed by atoms with Crippen molar-refractivity contribution < 1.29 is 4.79 Å². The number of hydrogen-bond acceptors (Lipinski definition) is 4. The molecule has 1 amide bonds. The molecule has 0 spiro atoms. The SMILES string of the molecule is O=C(Nc1cccc(-c2ccnc(NC3CC3)n2)c1)C1CCCC1. The summed E-state index contributed by atoms with van der Waals surface area (Å²) in [4.78, 5) is 21.2. The summed E-state index contributed by atoms with van der Waals surface area (Å²) in [5, 5.41) is 6.37. The summed E-state index contributed by atoms with van der Waals surface area (Å²) in [6.45, 7) is 0. The van der Waals surface area contributed by atoms with Gasteiger partial charge in [0.2, 0.25) is 11.9 Å². The Morgan fingerprint density at radius 2 is 1.92 bits per heavy atom. The summed E-state index contributed by atoms with van der Waals surface area (Å²) >= 11 is 0. The molecule has 0 bridgehead atoms. The molecule has 0 saturated heterocycles. The largest absolute Gasteiger partial charge is 0.351 e. The van der Waals surface area contributed by atoms with E-state index in [9.17, 15) is 4.79 Å². The van der Waals surface area contributed by atoms with Gasteiger partial charge in [-0.25, -0.2) is 9.97 Å². The number of amides is 1. The van der Waals surface area contributed by atoms with Gasteiger partial charge in [0.1, 0.15) is 0 Å². The highest BCUT2D eigenvalue weighted by Gasteiger charge is 2.23. The Morgan fingerprint density at radius 3 is 2.71 bits per heavy atom. The van der Waals surface area contributed by atoms with E-state index in [0.717, 1.165) is 42.6 Å². The minimum Gasteiger partial charge on any atom is -0.351 e. The minimum atomic E-state index is 0.142. The van der Waals surface area contributed by atoms with Gasteiger partial charge in [0.25, 0.3) is 0 Å². The Bertz CT molecular complexity index is 736. The number of benzene rings is 1. The van der Waals surface area contributed by atoms with Gasteiger partial charge >= 0.3 is 0 Å². The maximum absolute atomic E-state index is 12.3. The van der Waals surface area contributed by atoms with E-state index in [2.05, 4.69) is 20.6 Å². The van der Waals surface area contributed by atoms with Gasteiger partial charge in [-0.05, 0) is 43.9 Å². The molecule has 0 radical (unpaired) electrons. The normalized spacial score (nSPS) is 17.7. The number of aromatic nitrogens is 2. The van der Waals surface area contributed by atoms with Crippen LogP contribution in [0.1, 0.15) is 38.5 Å². The van der Waals surface area contributed by atoms with Crippen molar-refractivity contribution in [2.24, 2.45) is 5.92 Å².